The lowest BCUT2D eigenvalue weighted by Crippen LogP contribution is -2.63. The highest BCUT2D eigenvalue weighted by molar-refractivity contribution is 7.79. The molecule has 39 heavy (non-hydrogen) atoms. The molecule has 0 radical (unpaired) electrons. The first kappa shape index (κ1) is 29.9. The highest BCUT2D eigenvalue weighted by Crippen LogP contribution is 2.53. The monoisotopic (exact) mass is 570 g/mol. The second-order valence-corrected chi connectivity index (χ2v) is 10.6. The van der Waals surface area contributed by atoms with Gasteiger partial charge in [0.15, 0.2) is 11.4 Å². The standard InChI is InChI=1S/C23H28N4O7.H2O4S/c1-4-26-12-7-11(24)17(28)14-9(12)5-8-6-10-16(27(2)3)19(30)15(22(25)33)21(32)23(10,34)20(31)13(8)18(14)29;1-5(2,3)4/h7-8,10,16,26,28,30-31,34H,4-6,24H2,1-3H3,(H2,25,33);(H2,1,2,3,4)/t8?,10?,16-,23-;/m0./s1. The Labute approximate surface area is 223 Å². The Morgan fingerprint density at radius 1 is 1.21 bits per heavy atom. The van der Waals surface area contributed by atoms with Gasteiger partial charge in [-0.25, -0.2) is 0 Å². The molecule has 0 spiro atoms. The normalized spacial score (nSPS) is 26.4. The minimum Gasteiger partial charge on any atom is -0.510 e. The van der Waals surface area contributed by atoms with Gasteiger partial charge in [-0.1, -0.05) is 0 Å². The molecular weight excluding hydrogens is 540 g/mol. The number of aromatic hydroxyl groups is 1. The molecule has 4 atom stereocenters. The van der Waals surface area contributed by atoms with Crippen LogP contribution in [0.25, 0.3) is 0 Å². The van der Waals surface area contributed by atoms with E-state index in [2.05, 4.69) is 5.32 Å². The number of hydrogen-bond donors (Lipinski definition) is 9. The van der Waals surface area contributed by atoms with Crippen molar-refractivity contribution in [1.29, 1.82) is 0 Å². The molecule has 214 valence electrons. The first-order chi connectivity index (χ1) is 17.9. The van der Waals surface area contributed by atoms with Crippen molar-refractivity contribution in [3.05, 3.63) is 39.9 Å². The number of nitrogens with two attached hydrogens (primary N) is 2. The van der Waals surface area contributed by atoms with Gasteiger partial charge >= 0.3 is 10.4 Å². The number of ketones is 2. The molecular formula is C23H30N4O11S. The SMILES string of the molecule is CCNc1cc(N)c(O)c2c1CC1CC3[C@H](N(C)C)C(O)=C(C(N)=O)C(=O)[C@@]3(O)C(O)=C1C2=O.O=S(=O)(O)O. The van der Waals surface area contributed by atoms with E-state index in [4.69, 9.17) is 29.0 Å². The molecule has 4 rings (SSSR count). The van der Waals surface area contributed by atoms with Crippen molar-refractivity contribution >= 4 is 39.2 Å². The maximum absolute atomic E-state index is 13.6. The second-order valence-electron chi connectivity index (χ2n) is 9.66. The molecule has 0 aromatic heterocycles. The molecule has 0 saturated heterocycles. The summed E-state index contributed by atoms with van der Waals surface area (Å²) in [5.74, 6) is -6.96. The molecule has 2 unspecified atom stereocenters. The van der Waals surface area contributed by atoms with Crippen LogP contribution in [-0.4, -0.2) is 92.6 Å². The molecule has 15 nitrogen and oxygen atoms in total. The van der Waals surface area contributed by atoms with Crippen molar-refractivity contribution in [2.45, 2.75) is 31.4 Å². The number of carbonyl (C=O) groups excluding carboxylic acids is 3. The molecule has 0 fully saturated rings. The van der Waals surface area contributed by atoms with Gasteiger partial charge in [0.1, 0.15) is 22.8 Å². The van der Waals surface area contributed by atoms with Gasteiger partial charge in [-0.3, -0.25) is 28.4 Å². The zero-order valence-electron chi connectivity index (χ0n) is 21.2. The van der Waals surface area contributed by atoms with Crippen molar-refractivity contribution in [2.24, 2.45) is 17.6 Å². The molecule has 1 amide bonds. The van der Waals surface area contributed by atoms with Crippen molar-refractivity contribution in [1.82, 2.24) is 4.90 Å². The molecule has 16 heteroatoms. The Morgan fingerprint density at radius 2 is 1.77 bits per heavy atom. The van der Waals surface area contributed by atoms with Crippen LogP contribution in [0.4, 0.5) is 11.4 Å². The molecule has 1 aromatic carbocycles. The number of nitrogens with zero attached hydrogens (tertiary/aromatic N) is 1. The summed E-state index contributed by atoms with van der Waals surface area (Å²) in [6.07, 6.45) is 0.229. The fourth-order valence-corrected chi connectivity index (χ4v) is 5.69. The van der Waals surface area contributed by atoms with Gasteiger partial charge in [-0.15, -0.1) is 0 Å². The zero-order valence-corrected chi connectivity index (χ0v) is 22.0. The quantitative estimate of drug-likeness (QED) is 0.0724. The van der Waals surface area contributed by atoms with Crippen LogP contribution in [0, 0.1) is 11.8 Å². The zero-order chi connectivity index (χ0) is 29.8. The van der Waals surface area contributed by atoms with E-state index in [1.165, 1.54) is 11.0 Å². The second kappa shape index (κ2) is 10.1. The van der Waals surface area contributed by atoms with Gasteiger partial charge in [0.2, 0.25) is 5.78 Å². The number of hydrogen-bond acceptors (Lipinski definition) is 12. The number of primary amides is 1. The number of amides is 1. The summed E-state index contributed by atoms with van der Waals surface area (Å²) in [5.41, 5.74) is 8.40. The molecule has 0 heterocycles. The molecule has 0 bridgehead atoms. The first-order valence-corrected chi connectivity index (χ1v) is 13.0. The number of nitrogens with one attached hydrogen (secondary N) is 1. The van der Waals surface area contributed by atoms with Gasteiger partial charge < -0.3 is 37.2 Å². The van der Waals surface area contributed by atoms with E-state index in [1.54, 1.807) is 14.1 Å². The number of rotatable bonds is 4. The average Bonchev–Trinajstić information content (AvgIpc) is 2.78. The summed E-state index contributed by atoms with van der Waals surface area (Å²) in [6, 6.07) is 0.498. The van der Waals surface area contributed by atoms with Crippen molar-refractivity contribution in [3.8, 4) is 5.75 Å². The van der Waals surface area contributed by atoms with Crippen LogP contribution in [-0.2, 0) is 26.4 Å². The molecule has 3 aliphatic carbocycles. The van der Waals surface area contributed by atoms with E-state index in [0.29, 0.717) is 17.8 Å². The molecule has 1 aromatic rings. The summed E-state index contributed by atoms with van der Waals surface area (Å²) in [6.45, 7) is 2.39. The Balaban J connectivity index is 0.000000771. The highest BCUT2D eigenvalue weighted by Gasteiger charge is 2.63. The number of aliphatic hydroxyl groups excluding tert-OH is 2. The van der Waals surface area contributed by atoms with Crippen molar-refractivity contribution in [2.75, 3.05) is 31.7 Å². The van der Waals surface area contributed by atoms with Gasteiger partial charge in [0.05, 0.1) is 17.3 Å². The van der Waals surface area contributed by atoms with Gasteiger partial charge in [0, 0.05) is 23.7 Å². The third-order valence-corrected chi connectivity index (χ3v) is 7.12. The molecule has 3 aliphatic rings. The Morgan fingerprint density at radius 3 is 2.26 bits per heavy atom. The predicted octanol–water partition coefficient (Wildman–Crippen LogP) is -0.518. The van der Waals surface area contributed by atoms with Crippen LogP contribution >= 0.6 is 0 Å². The van der Waals surface area contributed by atoms with E-state index < -0.39 is 74.2 Å². The van der Waals surface area contributed by atoms with E-state index >= 15 is 0 Å². The Kier molecular flexibility index (Phi) is 7.75. The minimum absolute atomic E-state index is 0.0302. The number of phenols is 1. The lowest BCUT2D eigenvalue weighted by Gasteiger charge is -2.50. The van der Waals surface area contributed by atoms with Crippen molar-refractivity contribution in [3.63, 3.8) is 0 Å². The number of allylic oxidation sites excluding steroid dienone is 1. The fourth-order valence-electron chi connectivity index (χ4n) is 5.69. The number of fused-ring (bicyclic) bond motifs is 3. The molecule has 0 saturated carbocycles. The summed E-state index contributed by atoms with van der Waals surface area (Å²) in [4.78, 5) is 40.3. The lowest BCUT2D eigenvalue weighted by atomic mass is 9.58. The number of aliphatic hydroxyl groups is 3. The molecule has 0 aliphatic heterocycles. The number of phenolic OH excluding ortho intramolecular Hbond substituents is 1. The van der Waals surface area contributed by atoms with E-state index in [0.717, 1.165) is 0 Å². The number of anilines is 2. The topological polar surface area (TPSA) is 274 Å². The lowest BCUT2D eigenvalue weighted by molar-refractivity contribution is -0.148. The van der Waals surface area contributed by atoms with Crippen LogP contribution in [0.2, 0.25) is 0 Å². The average molecular weight is 571 g/mol. The number of Topliss-reactive ketones (excluding diaryl/α,β-unsaturated/α-hetero) is 2. The van der Waals surface area contributed by atoms with E-state index in [1.807, 2.05) is 6.92 Å². The number of nitrogen functional groups attached to an aromatic ring is 1. The van der Waals surface area contributed by atoms with Crippen LogP contribution in [0.15, 0.2) is 28.7 Å². The fraction of sp³-hybridized carbons (Fsp3) is 0.435. The first-order valence-electron chi connectivity index (χ1n) is 11.6. The van der Waals surface area contributed by atoms with E-state index in [-0.39, 0.29) is 29.7 Å². The van der Waals surface area contributed by atoms with E-state index in [9.17, 15) is 34.8 Å². The third kappa shape index (κ3) is 4.92. The smallest absolute Gasteiger partial charge is 0.394 e. The third-order valence-electron chi connectivity index (χ3n) is 7.12. The number of likely N-dealkylation sites (N-methyl/N-ethyl adjacent to an activating group) is 1. The minimum atomic E-state index is -4.67. The summed E-state index contributed by atoms with van der Waals surface area (Å²) in [7, 11) is -1.51. The van der Waals surface area contributed by atoms with Crippen LogP contribution < -0.4 is 16.8 Å². The van der Waals surface area contributed by atoms with Gasteiger partial charge in [-0.05, 0) is 51.4 Å². The summed E-state index contributed by atoms with van der Waals surface area (Å²) in [5, 5.41) is 47.2. The van der Waals surface area contributed by atoms with Gasteiger partial charge in [0.25, 0.3) is 5.91 Å². The van der Waals surface area contributed by atoms with Gasteiger partial charge in [-0.2, -0.15) is 8.42 Å². The maximum Gasteiger partial charge on any atom is 0.394 e. The van der Waals surface area contributed by atoms with Crippen molar-refractivity contribution < 1.29 is 52.3 Å². The van der Waals surface area contributed by atoms with Crippen LogP contribution in [0.3, 0.4) is 0 Å². The Hall–Kier alpha value is -3.70. The Bertz CT molecular complexity index is 1430. The molecule has 11 N–H and O–H groups in total. The largest absolute Gasteiger partial charge is 0.510 e. The predicted molar refractivity (Wildman–Crippen MR) is 136 cm³/mol. The van der Waals surface area contributed by atoms with Crippen LogP contribution in [0.5, 0.6) is 5.75 Å². The maximum atomic E-state index is 13.6. The number of carbonyl (C=O) groups is 3. The summed E-state index contributed by atoms with van der Waals surface area (Å²) < 4.78 is 31.6. The summed E-state index contributed by atoms with van der Waals surface area (Å²) >= 11 is 0. The number of benzene rings is 1. The van der Waals surface area contributed by atoms with Crippen LogP contribution in [0.1, 0.15) is 29.3 Å². The highest BCUT2D eigenvalue weighted by atomic mass is 32.3.